The van der Waals surface area contributed by atoms with E-state index in [1.54, 1.807) is 24.3 Å². The van der Waals surface area contributed by atoms with E-state index in [0.717, 1.165) is 49.8 Å². The largest absolute Gasteiger partial charge is 0.490 e. The van der Waals surface area contributed by atoms with E-state index in [2.05, 4.69) is 16.5 Å². The molecule has 2 saturated carbocycles. The maximum Gasteiger partial charge on any atom is 0.267 e. The summed E-state index contributed by atoms with van der Waals surface area (Å²) in [5.41, 5.74) is 1.60. The Kier molecular flexibility index (Phi) is 7.74. The molecular formula is C27H31Cl2FN2O4S. The molecule has 10 heteroatoms. The Balaban J connectivity index is 1.30. The molecule has 0 aromatic heterocycles. The Bertz CT molecular complexity index is 1280. The Labute approximate surface area is 227 Å². The lowest BCUT2D eigenvalue weighted by Crippen LogP contribution is -2.45. The molecule has 3 aliphatic rings. The molecule has 0 radical (unpaired) electrons. The summed E-state index contributed by atoms with van der Waals surface area (Å²) >= 11 is 12.2. The Morgan fingerprint density at radius 2 is 1.78 bits per heavy atom. The van der Waals surface area contributed by atoms with Gasteiger partial charge in [0.05, 0.1) is 10.8 Å². The highest BCUT2D eigenvalue weighted by atomic mass is 35.5. The van der Waals surface area contributed by atoms with Crippen LogP contribution >= 0.6 is 23.2 Å². The summed E-state index contributed by atoms with van der Waals surface area (Å²) in [7, 11) is -3.75. The van der Waals surface area contributed by atoms with Crippen LogP contribution in [0.15, 0.2) is 30.3 Å². The standard InChI is InChI=1S/C27H31Cl2FN2O4S/c1-2-20-13-21(36-22-11-18(28)10-19(29)12-22)7-8-32(20)15-17-9-26(30)25(14-24(17)16-3-4-16)27(33)31-37(34,35)23-5-6-23/h9-12,14,16,20-21,23H,2-8,13,15H2,1H3,(H,31,33)/t20-,21-/m1/s1. The number of hydrogen-bond donors (Lipinski definition) is 1. The second kappa shape index (κ2) is 10.7. The Morgan fingerprint density at radius 1 is 1.08 bits per heavy atom. The number of carbonyl (C=O) groups is 1. The molecule has 1 heterocycles. The molecule has 200 valence electrons. The van der Waals surface area contributed by atoms with Gasteiger partial charge in [-0.3, -0.25) is 9.69 Å². The lowest BCUT2D eigenvalue weighted by atomic mass is 9.94. The lowest BCUT2D eigenvalue weighted by Gasteiger charge is -2.39. The van der Waals surface area contributed by atoms with Crippen LogP contribution in [0.25, 0.3) is 0 Å². The molecule has 0 bridgehead atoms. The van der Waals surface area contributed by atoms with Gasteiger partial charge in [-0.25, -0.2) is 17.5 Å². The number of rotatable bonds is 9. The Morgan fingerprint density at radius 3 is 2.41 bits per heavy atom. The van der Waals surface area contributed by atoms with Crippen molar-refractivity contribution < 1.29 is 22.3 Å². The highest BCUT2D eigenvalue weighted by Gasteiger charge is 2.38. The number of amides is 1. The smallest absolute Gasteiger partial charge is 0.267 e. The van der Waals surface area contributed by atoms with Gasteiger partial charge in [0.15, 0.2) is 0 Å². The van der Waals surface area contributed by atoms with Crippen molar-refractivity contribution in [1.29, 1.82) is 0 Å². The molecule has 2 aromatic carbocycles. The third-order valence-corrected chi connectivity index (χ3v) is 9.72. The predicted molar refractivity (Wildman–Crippen MR) is 142 cm³/mol. The van der Waals surface area contributed by atoms with E-state index in [9.17, 15) is 13.2 Å². The Hall–Kier alpha value is -1.87. The first-order valence-corrected chi connectivity index (χ1v) is 15.2. The number of ether oxygens (including phenoxy) is 1. The molecule has 1 aliphatic heterocycles. The molecule has 1 saturated heterocycles. The number of piperidine rings is 1. The van der Waals surface area contributed by atoms with Gasteiger partial charge >= 0.3 is 0 Å². The van der Waals surface area contributed by atoms with Crippen LogP contribution in [0.1, 0.15) is 79.3 Å². The van der Waals surface area contributed by atoms with Crippen LogP contribution < -0.4 is 9.46 Å². The maximum absolute atomic E-state index is 15.1. The van der Waals surface area contributed by atoms with Crippen molar-refractivity contribution in [3.63, 3.8) is 0 Å². The molecule has 3 fully saturated rings. The molecule has 2 aromatic rings. The molecule has 1 N–H and O–H groups in total. The van der Waals surface area contributed by atoms with Crippen molar-refractivity contribution in [1.82, 2.24) is 9.62 Å². The molecule has 5 rings (SSSR count). The average Bonchev–Trinajstić information content (AvgIpc) is 3.72. The van der Waals surface area contributed by atoms with Crippen LogP contribution in [0, 0.1) is 5.82 Å². The van der Waals surface area contributed by atoms with Crippen molar-refractivity contribution in [2.24, 2.45) is 0 Å². The van der Waals surface area contributed by atoms with Gasteiger partial charge < -0.3 is 4.74 Å². The molecule has 0 spiro atoms. The highest BCUT2D eigenvalue weighted by molar-refractivity contribution is 7.91. The van der Waals surface area contributed by atoms with Crippen LogP contribution in [0.5, 0.6) is 5.75 Å². The number of carbonyl (C=O) groups excluding carboxylic acids is 1. The number of hydrogen-bond acceptors (Lipinski definition) is 5. The van der Waals surface area contributed by atoms with Gasteiger partial charge in [-0.05, 0) is 92.3 Å². The molecule has 1 amide bonds. The van der Waals surface area contributed by atoms with Gasteiger partial charge in [0.25, 0.3) is 5.91 Å². The van der Waals surface area contributed by atoms with Crippen molar-refractivity contribution in [3.05, 3.63) is 62.9 Å². The normalized spacial score (nSPS) is 22.6. The van der Waals surface area contributed by atoms with E-state index in [1.165, 1.54) is 6.07 Å². The van der Waals surface area contributed by atoms with E-state index in [1.807, 2.05) is 0 Å². The minimum Gasteiger partial charge on any atom is -0.490 e. The molecule has 2 atom stereocenters. The summed E-state index contributed by atoms with van der Waals surface area (Å²) in [6.07, 6.45) is 5.59. The quantitative estimate of drug-likeness (QED) is 0.398. The van der Waals surface area contributed by atoms with E-state index < -0.39 is 27.0 Å². The van der Waals surface area contributed by atoms with Crippen molar-refractivity contribution in [2.45, 2.75) is 81.7 Å². The second-order valence-electron chi connectivity index (χ2n) is 10.4. The fraction of sp³-hybridized carbons (Fsp3) is 0.519. The van der Waals surface area contributed by atoms with Crippen molar-refractivity contribution in [3.8, 4) is 5.75 Å². The number of sulfonamides is 1. The fourth-order valence-corrected chi connectivity index (χ4v) is 6.97. The average molecular weight is 570 g/mol. The zero-order chi connectivity index (χ0) is 26.3. The summed E-state index contributed by atoms with van der Waals surface area (Å²) in [5.74, 6) is -0.646. The maximum atomic E-state index is 15.1. The molecule has 37 heavy (non-hydrogen) atoms. The van der Waals surface area contributed by atoms with E-state index in [-0.39, 0.29) is 23.6 Å². The van der Waals surface area contributed by atoms with Gasteiger partial charge in [-0.1, -0.05) is 30.1 Å². The summed E-state index contributed by atoms with van der Waals surface area (Å²) in [5, 5.41) is 0.517. The zero-order valence-electron chi connectivity index (χ0n) is 20.7. The van der Waals surface area contributed by atoms with Crippen LogP contribution in [0.2, 0.25) is 10.0 Å². The first-order chi connectivity index (χ1) is 17.6. The van der Waals surface area contributed by atoms with Gasteiger partial charge in [-0.15, -0.1) is 0 Å². The summed E-state index contributed by atoms with van der Waals surface area (Å²) in [6.45, 7) is 3.48. The summed E-state index contributed by atoms with van der Waals surface area (Å²) in [4.78, 5) is 15.0. The molecule has 6 nitrogen and oxygen atoms in total. The van der Waals surface area contributed by atoms with Gasteiger partial charge in [0.1, 0.15) is 17.7 Å². The number of benzene rings is 2. The minimum atomic E-state index is -3.75. The van der Waals surface area contributed by atoms with E-state index in [4.69, 9.17) is 27.9 Å². The van der Waals surface area contributed by atoms with Gasteiger partial charge in [0.2, 0.25) is 10.0 Å². The minimum absolute atomic E-state index is 0.0230. The number of halogens is 3. The van der Waals surface area contributed by atoms with E-state index in [0.29, 0.717) is 35.2 Å². The number of nitrogens with one attached hydrogen (secondary N) is 1. The molecule has 0 unspecified atom stereocenters. The number of likely N-dealkylation sites (tertiary alicyclic amines) is 1. The second-order valence-corrected chi connectivity index (χ2v) is 13.2. The van der Waals surface area contributed by atoms with Crippen LogP contribution in [0.4, 0.5) is 4.39 Å². The summed E-state index contributed by atoms with van der Waals surface area (Å²) in [6, 6.07) is 8.44. The van der Waals surface area contributed by atoms with Gasteiger partial charge in [-0.2, -0.15) is 0 Å². The summed E-state index contributed by atoms with van der Waals surface area (Å²) < 4.78 is 47.8. The predicted octanol–water partition coefficient (Wildman–Crippen LogP) is 6.05. The molecular weight excluding hydrogens is 538 g/mol. The lowest BCUT2D eigenvalue weighted by molar-refractivity contribution is 0.0490. The SMILES string of the molecule is CC[C@@H]1C[C@H](Oc2cc(Cl)cc(Cl)c2)CCN1Cc1cc(F)c(C(=O)NS(=O)(=O)C2CC2)cc1C1CC1. The third kappa shape index (κ3) is 6.41. The fourth-order valence-electron chi connectivity index (χ4n) is 5.17. The van der Waals surface area contributed by atoms with Crippen LogP contribution in [0.3, 0.4) is 0 Å². The van der Waals surface area contributed by atoms with Crippen LogP contribution in [-0.4, -0.2) is 43.2 Å². The third-order valence-electron chi connectivity index (χ3n) is 7.46. The van der Waals surface area contributed by atoms with Crippen molar-refractivity contribution in [2.75, 3.05) is 6.54 Å². The molecule has 2 aliphatic carbocycles. The van der Waals surface area contributed by atoms with Gasteiger partial charge in [0, 0.05) is 29.2 Å². The monoisotopic (exact) mass is 568 g/mol. The first kappa shape index (κ1) is 26.7. The zero-order valence-corrected chi connectivity index (χ0v) is 23.0. The van der Waals surface area contributed by atoms with E-state index >= 15 is 4.39 Å². The first-order valence-electron chi connectivity index (χ1n) is 12.9. The topological polar surface area (TPSA) is 75.7 Å². The van der Waals surface area contributed by atoms with Crippen LogP contribution in [-0.2, 0) is 16.6 Å². The highest BCUT2D eigenvalue weighted by Crippen LogP contribution is 2.43. The van der Waals surface area contributed by atoms with Crippen molar-refractivity contribution >= 4 is 39.1 Å². The number of nitrogens with zero attached hydrogens (tertiary/aromatic N) is 1.